The smallest absolute Gasteiger partial charge is 0.261 e. The van der Waals surface area contributed by atoms with Gasteiger partial charge < -0.3 is 14.4 Å². The van der Waals surface area contributed by atoms with E-state index in [1.54, 1.807) is 42.7 Å². The molecule has 0 bridgehead atoms. The van der Waals surface area contributed by atoms with Crippen molar-refractivity contribution in [1.82, 2.24) is 19.8 Å². The van der Waals surface area contributed by atoms with Crippen LogP contribution in [0, 0.1) is 0 Å². The molecule has 1 aromatic carbocycles. The number of aromatic nitrogens is 2. The van der Waals surface area contributed by atoms with E-state index in [9.17, 15) is 9.59 Å². The standard InChI is InChI=1S/C21H23N5O4/c27-18-16-4-1-2-5-17(16)19(28)26(18)15-21(29-12-13-30-21)14-24-8-10-25(11-9-24)20-22-6-3-7-23-20/h1-7H,8-15H2. The molecule has 0 N–H and O–H groups in total. The van der Waals surface area contributed by atoms with Crippen LogP contribution in [0.25, 0.3) is 0 Å². The van der Waals surface area contributed by atoms with Crippen LogP contribution in [0.2, 0.25) is 0 Å². The van der Waals surface area contributed by atoms with Crippen molar-refractivity contribution in [3.8, 4) is 0 Å². The van der Waals surface area contributed by atoms with Gasteiger partial charge in [0.05, 0.1) is 37.4 Å². The zero-order chi connectivity index (χ0) is 20.6. The number of rotatable bonds is 5. The van der Waals surface area contributed by atoms with Crippen molar-refractivity contribution < 1.29 is 19.1 Å². The van der Waals surface area contributed by atoms with Crippen LogP contribution in [0.3, 0.4) is 0 Å². The first kappa shape index (κ1) is 19.1. The molecule has 0 unspecified atom stereocenters. The molecule has 5 rings (SSSR count). The van der Waals surface area contributed by atoms with Gasteiger partial charge in [-0.05, 0) is 18.2 Å². The minimum Gasteiger partial charge on any atom is -0.345 e. The Morgan fingerprint density at radius 3 is 2.03 bits per heavy atom. The molecule has 2 saturated heterocycles. The first-order valence-corrected chi connectivity index (χ1v) is 10.1. The number of anilines is 1. The van der Waals surface area contributed by atoms with Crippen LogP contribution < -0.4 is 4.90 Å². The number of fused-ring (bicyclic) bond motifs is 1. The Morgan fingerprint density at radius 2 is 1.43 bits per heavy atom. The molecule has 0 saturated carbocycles. The highest BCUT2D eigenvalue weighted by atomic mass is 16.7. The lowest BCUT2D eigenvalue weighted by Crippen LogP contribution is -2.57. The van der Waals surface area contributed by atoms with Gasteiger partial charge in [-0.25, -0.2) is 9.97 Å². The van der Waals surface area contributed by atoms with Crippen LogP contribution in [0.5, 0.6) is 0 Å². The van der Waals surface area contributed by atoms with E-state index in [1.165, 1.54) is 4.90 Å². The van der Waals surface area contributed by atoms with Crippen LogP contribution in [-0.2, 0) is 9.47 Å². The van der Waals surface area contributed by atoms with Crippen LogP contribution in [0.4, 0.5) is 5.95 Å². The van der Waals surface area contributed by atoms with E-state index in [0.29, 0.717) is 30.9 Å². The van der Waals surface area contributed by atoms with Gasteiger partial charge in [0.1, 0.15) is 0 Å². The maximum absolute atomic E-state index is 12.8. The Labute approximate surface area is 174 Å². The predicted molar refractivity (Wildman–Crippen MR) is 107 cm³/mol. The highest BCUT2D eigenvalue weighted by molar-refractivity contribution is 6.21. The Morgan fingerprint density at radius 1 is 0.833 bits per heavy atom. The summed E-state index contributed by atoms with van der Waals surface area (Å²) in [5.41, 5.74) is 0.874. The molecule has 2 amide bonds. The third-order valence-corrected chi connectivity index (χ3v) is 5.76. The molecule has 2 aromatic rings. The van der Waals surface area contributed by atoms with E-state index in [0.717, 1.165) is 32.1 Å². The molecule has 9 heteroatoms. The van der Waals surface area contributed by atoms with E-state index in [1.807, 2.05) is 0 Å². The van der Waals surface area contributed by atoms with Crippen molar-refractivity contribution >= 4 is 17.8 Å². The van der Waals surface area contributed by atoms with Crippen LogP contribution in [-0.4, -0.2) is 89.9 Å². The Bertz CT molecular complexity index is 904. The topological polar surface area (TPSA) is 88.1 Å². The van der Waals surface area contributed by atoms with Crippen molar-refractivity contribution in [2.24, 2.45) is 0 Å². The molecule has 3 aliphatic rings. The Kier molecular flexibility index (Phi) is 4.93. The first-order chi connectivity index (χ1) is 14.7. The third kappa shape index (κ3) is 3.45. The first-order valence-electron chi connectivity index (χ1n) is 10.1. The fourth-order valence-corrected chi connectivity index (χ4v) is 4.25. The second-order valence-corrected chi connectivity index (χ2v) is 7.66. The monoisotopic (exact) mass is 409 g/mol. The molecule has 0 radical (unpaired) electrons. The average Bonchev–Trinajstić information content (AvgIpc) is 3.34. The van der Waals surface area contributed by atoms with Gasteiger partial charge in [0, 0.05) is 38.6 Å². The minimum atomic E-state index is -1.00. The zero-order valence-corrected chi connectivity index (χ0v) is 16.6. The molecule has 2 fully saturated rings. The number of carbonyl (C=O) groups excluding carboxylic acids is 2. The number of amides is 2. The van der Waals surface area contributed by atoms with Gasteiger partial charge in [-0.3, -0.25) is 19.4 Å². The normalized spacial score (nSPS) is 21.3. The molecule has 1 aromatic heterocycles. The average molecular weight is 409 g/mol. The number of ether oxygens (including phenoxy) is 2. The molecule has 30 heavy (non-hydrogen) atoms. The number of nitrogens with zero attached hydrogens (tertiary/aromatic N) is 5. The number of piperazine rings is 1. The summed E-state index contributed by atoms with van der Waals surface area (Å²) in [6.45, 7) is 4.61. The predicted octanol–water partition coefficient (Wildman–Crippen LogP) is 0.638. The summed E-state index contributed by atoms with van der Waals surface area (Å²) >= 11 is 0. The lowest BCUT2D eigenvalue weighted by Gasteiger charge is -2.40. The third-order valence-electron chi connectivity index (χ3n) is 5.76. The SMILES string of the molecule is O=C1c2ccccc2C(=O)N1CC1(CN2CCN(c3ncccn3)CC2)OCCO1. The van der Waals surface area contributed by atoms with E-state index in [2.05, 4.69) is 19.8 Å². The fourth-order valence-electron chi connectivity index (χ4n) is 4.25. The van der Waals surface area contributed by atoms with Crippen molar-refractivity contribution in [3.05, 3.63) is 53.9 Å². The zero-order valence-electron chi connectivity index (χ0n) is 16.6. The molecular weight excluding hydrogens is 386 g/mol. The number of carbonyl (C=O) groups is 2. The van der Waals surface area contributed by atoms with Crippen molar-refractivity contribution in [3.63, 3.8) is 0 Å². The molecule has 0 atom stereocenters. The highest BCUT2D eigenvalue weighted by Gasteiger charge is 2.46. The Hall–Kier alpha value is -2.88. The molecule has 0 spiro atoms. The van der Waals surface area contributed by atoms with Gasteiger partial charge in [-0.1, -0.05) is 12.1 Å². The van der Waals surface area contributed by atoms with Gasteiger partial charge in [0.25, 0.3) is 11.8 Å². The maximum Gasteiger partial charge on any atom is 0.261 e. The van der Waals surface area contributed by atoms with E-state index in [-0.39, 0.29) is 18.4 Å². The number of hydrogen-bond donors (Lipinski definition) is 0. The van der Waals surface area contributed by atoms with Crippen molar-refractivity contribution in [2.45, 2.75) is 5.79 Å². The number of benzene rings is 1. The molecular formula is C21H23N5O4. The largest absolute Gasteiger partial charge is 0.345 e. The summed E-state index contributed by atoms with van der Waals surface area (Å²) in [7, 11) is 0. The quantitative estimate of drug-likeness (QED) is 0.665. The van der Waals surface area contributed by atoms with Gasteiger partial charge >= 0.3 is 0 Å². The summed E-state index contributed by atoms with van der Waals surface area (Å²) in [4.78, 5) is 39.8. The number of hydrogen-bond acceptors (Lipinski definition) is 8. The van der Waals surface area contributed by atoms with Crippen LogP contribution >= 0.6 is 0 Å². The van der Waals surface area contributed by atoms with Gasteiger partial charge in [-0.2, -0.15) is 0 Å². The molecule has 0 aliphatic carbocycles. The molecule has 4 heterocycles. The van der Waals surface area contributed by atoms with E-state index in [4.69, 9.17) is 9.47 Å². The van der Waals surface area contributed by atoms with Gasteiger partial charge in [-0.15, -0.1) is 0 Å². The Balaban J connectivity index is 1.26. The highest BCUT2D eigenvalue weighted by Crippen LogP contribution is 2.29. The lowest BCUT2D eigenvalue weighted by molar-refractivity contribution is -0.175. The lowest BCUT2D eigenvalue weighted by atomic mass is 10.1. The van der Waals surface area contributed by atoms with Crippen molar-refractivity contribution in [1.29, 1.82) is 0 Å². The van der Waals surface area contributed by atoms with Crippen LogP contribution in [0.15, 0.2) is 42.7 Å². The van der Waals surface area contributed by atoms with Gasteiger partial charge in [0.15, 0.2) is 5.79 Å². The maximum atomic E-state index is 12.8. The van der Waals surface area contributed by atoms with Gasteiger partial charge in [0.2, 0.25) is 5.95 Å². The molecule has 3 aliphatic heterocycles. The van der Waals surface area contributed by atoms with Crippen molar-refractivity contribution in [2.75, 3.05) is 57.4 Å². The molecule has 9 nitrogen and oxygen atoms in total. The summed E-state index contributed by atoms with van der Waals surface area (Å²) < 4.78 is 11.9. The second-order valence-electron chi connectivity index (χ2n) is 7.66. The summed E-state index contributed by atoms with van der Waals surface area (Å²) in [6, 6.07) is 8.70. The fraction of sp³-hybridized carbons (Fsp3) is 0.429. The second kappa shape index (κ2) is 7.75. The minimum absolute atomic E-state index is 0.0847. The molecule has 156 valence electrons. The van der Waals surface area contributed by atoms with Crippen LogP contribution in [0.1, 0.15) is 20.7 Å². The van der Waals surface area contributed by atoms with E-state index >= 15 is 0 Å². The summed E-state index contributed by atoms with van der Waals surface area (Å²) in [5.74, 6) is -0.856. The number of imide groups is 1. The summed E-state index contributed by atoms with van der Waals surface area (Å²) in [5, 5.41) is 0. The van der Waals surface area contributed by atoms with E-state index < -0.39 is 5.79 Å². The summed E-state index contributed by atoms with van der Waals surface area (Å²) in [6.07, 6.45) is 3.48.